The summed E-state index contributed by atoms with van der Waals surface area (Å²) in [5.41, 5.74) is 13.4. The summed E-state index contributed by atoms with van der Waals surface area (Å²) in [6.07, 6.45) is 0. The van der Waals surface area contributed by atoms with Crippen LogP contribution in [-0.2, 0) is 36.6 Å². The van der Waals surface area contributed by atoms with Crippen molar-refractivity contribution in [1.82, 2.24) is 0 Å². The summed E-state index contributed by atoms with van der Waals surface area (Å²) in [7, 11) is 0. The van der Waals surface area contributed by atoms with Crippen LogP contribution in [0.25, 0.3) is 11.5 Å². The van der Waals surface area contributed by atoms with Crippen LogP contribution in [0.4, 0.5) is 0 Å². The van der Waals surface area contributed by atoms with E-state index >= 15 is 0 Å². The van der Waals surface area contributed by atoms with Crippen molar-refractivity contribution in [3.8, 4) is 0 Å². The van der Waals surface area contributed by atoms with Gasteiger partial charge < -0.3 is 11.5 Å². The molecule has 4 heteroatoms. The van der Waals surface area contributed by atoms with E-state index in [9.17, 15) is 0 Å². The zero-order valence-corrected chi connectivity index (χ0v) is 22.1. The molecule has 0 unspecified atom stereocenters. The summed E-state index contributed by atoms with van der Waals surface area (Å²) >= 11 is 2.53. The van der Waals surface area contributed by atoms with E-state index in [-0.39, 0.29) is 11.1 Å². The van der Waals surface area contributed by atoms with E-state index in [1.165, 1.54) is 44.9 Å². The molecule has 0 amide bonds. The first-order valence-electron chi connectivity index (χ1n) is 8.03. The van der Waals surface area contributed by atoms with Gasteiger partial charge in [0, 0.05) is 0 Å². The number of benzene rings is 2. The Morgan fingerprint density at radius 1 is 0.542 bits per heavy atom. The monoisotopic (exact) mass is 426 g/mol. The number of hydrogen-bond acceptors (Lipinski definition) is 0. The fourth-order valence-electron chi connectivity index (χ4n) is 0.956. The second-order valence-electron chi connectivity index (χ2n) is 7.47. The molecule has 0 saturated heterocycles. The maximum absolute atomic E-state index is 6.94. The molecule has 0 heterocycles. The zero-order chi connectivity index (χ0) is 19.2. The third-order valence-electron chi connectivity index (χ3n) is 1.69. The molecular formula is C20H30N2Zn2. The fourth-order valence-corrected chi connectivity index (χ4v) is 2.10. The molecular weight excluding hydrogens is 399 g/mol. The molecule has 24 heavy (non-hydrogen) atoms. The molecule has 2 rings (SSSR count). The third kappa shape index (κ3) is 37.7. The molecule has 0 saturated carbocycles. The van der Waals surface area contributed by atoms with E-state index in [0.717, 1.165) is 0 Å². The number of rotatable bonds is 0. The molecule has 0 atom stereocenters. The molecule has 0 spiro atoms. The summed E-state index contributed by atoms with van der Waals surface area (Å²) in [5, 5.41) is 0. The van der Waals surface area contributed by atoms with Gasteiger partial charge in [0.2, 0.25) is 0 Å². The van der Waals surface area contributed by atoms with Crippen molar-refractivity contribution < 1.29 is 36.6 Å². The van der Waals surface area contributed by atoms with E-state index in [0.29, 0.717) is 0 Å². The van der Waals surface area contributed by atoms with Crippen LogP contribution in [0, 0.1) is 0 Å². The normalized spacial score (nSPS) is 10.2. The molecule has 124 valence electrons. The predicted molar refractivity (Wildman–Crippen MR) is 100 cm³/mol. The van der Waals surface area contributed by atoms with Gasteiger partial charge in [0.25, 0.3) is 0 Å². The average molecular weight is 429 g/mol. The van der Waals surface area contributed by atoms with Crippen molar-refractivity contribution in [3.63, 3.8) is 0 Å². The Morgan fingerprint density at radius 3 is 0.792 bits per heavy atom. The van der Waals surface area contributed by atoms with Gasteiger partial charge in [-0.2, -0.15) is 0 Å². The van der Waals surface area contributed by atoms with E-state index in [1.807, 2.05) is 53.7 Å². The van der Waals surface area contributed by atoms with E-state index in [1.54, 1.807) is 0 Å². The minimum absolute atomic E-state index is 0.250. The van der Waals surface area contributed by atoms with Crippen LogP contribution in [0.15, 0.2) is 60.7 Å². The Bertz CT molecular complexity index is 439. The minimum atomic E-state index is -0.250. The van der Waals surface area contributed by atoms with Gasteiger partial charge in [-0.3, -0.25) is 0 Å². The van der Waals surface area contributed by atoms with E-state index < -0.39 is 0 Å². The van der Waals surface area contributed by atoms with Crippen molar-refractivity contribution in [3.05, 3.63) is 72.1 Å². The molecule has 2 N–H and O–H groups in total. The van der Waals surface area contributed by atoms with Crippen LogP contribution in [0.2, 0.25) is 0 Å². The summed E-state index contributed by atoms with van der Waals surface area (Å²) < 4.78 is 2.89. The summed E-state index contributed by atoms with van der Waals surface area (Å²) in [6.45, 7) is 11.1. The number of nitrogens with one attached hydrogen (secondary N) is 2. The van der Waals surface area contributed by atoms with Crippen LogP contribution in [0.5, 0.6) is 0 Å². The molecule has 2 aromatic carbocycles. The second kappa shape index (κ2) is 13.8. The van der Waals surface area contributed by atoms with Gasteiger partial charge in [-0.05, 0) is 0 Å². The van der Waals surface area contributed by atoms with Crippen molar-refractivity contribution in [2.24, 2.45) is 0 Å². The van der Waals surface area contributed by atoms with E-state index in [2.05, 4.69) is 48.5 Å². The van der Waals surface area contributed by atoms with Gasteiger partial charge in [-0.1, -0.05) is 41.5 Å². The van der Waals surface area contributed by atoms with Gasteiger partial charge >= 0.3 is 106 Å². The van der Waals surface area contributed by atoms with Gasteiger partial charge in [-0.15, -0.1) is 11.1 Å². The Balaban J connectivity index is 0. The molecule has 0 fully saturated rings. The zero-order valence-electron chi connectivity index (χ0n) is 16.2. The van der Waals surface area contributed by atoms with Gasteiger partial charge in [0.05, 0.1) is 0 Å². The molecule has 0 radical (unpaired) electrons. The fraction of sp³-hybridized carbons (Fsp3) is 0.400. The van der Waals surface area contributed by atoms with Gasteiger partial charge in [0.1, 0.15) is 0 Å². The quantitative estimate of drug-likeness (QED) is 0.505. The Morgan fingerprint density at radius 2 is 0.708 bits per heavy atom. The first-order chi connectivity index (χ1) is 10.8. The van der Waals surface area contributed by atoms with Crippen molar-refractivity contribution in [1.29, 1.82) is 0 Å². The standard InChI is InChI=1S/2C6H5.2C4H10N.2Zn/c2*1-2-4-6-5-3-1;2*1-4(2,3)5;;/h2*1-5H;2*5H,1-3H3;;/q;;2*-1;2*+1. The summed E-state index contributed by atoms with van der Waals surface area (Å²) in [5.74, 6) is 0. The second-order valence-corrected chi connectivity index (χ2v) is 10.9. The molecule has 0 aliphatic heterocycles. The maximum atomic E-state index is 6.94. The van der Waals surface area contributed by atoms with Gasteiger partial charge in [0.15, 0.2) is 0 Å². The summed E-state index contributed by atoms with van der Waals surface area (Å²) in [6, 6.07) is 20.9. The molecule has 2 aromatic rings. The van der Waals surface area contributed by atoms with Crippen molar-refractivity contribution in [2.75, 3.05) is 0 Å². The van der Waals surface area contributed by atoms with E-state index in [4.69, 9.17) is 11.5 Å². The summed E-state index contributed by atoms with van der Waals surface area (Å²) in [4.78, 5) is 0. The molecule has 2 nitrogen and oxygen atoms in total. The van der Waals surface area contributed by atoms with Crippen LogP contribution < -0.4 is 8.32 Å². The van der Waals surface area contributed by atoms with Gasteiger partial charge in [-0.25, -0.2) is 0 Å². The number of hydrogen-bond donors (Lipinski definition) is 0. The molecule has 0 bridgehead atoms. The average Bonchev–Trinajstić information content (AvgIpc) is 2.37. The Hall–Kier alpha value is -0.393. The molecule has 0 aliphatic rings. The van der Waals surface area contributed by atoms with Crippen LogP contribution in [0.1, 0.15) is 41.5 Å². The Kier molecular flexibility index (Phi) is 14.9. The molecule has 0 aliphatic carbocycles. The first kappa shape index (κ1) is 25.8. The predicted octanol–water partition coefficient (Wildman–Crippen LogP) is 5.39. The van der Waals surface area contributed by atoms with Crippen LogP contribution >= 0.6 is 0 Å². The molecule has 0 aromatic heterocycles. The SMILES string of the molecule is CC(C)(C)[NH-].CC(C)(C)[NH-].[Zn+][c]1ccccc1.[Zn+][c]1ccccc1. The van der Waals surface area contributed by atoms with Crippen LogP contribution in [0.3, 0.4) is 0 Å². The Labute approximate surface area is 169 Å². The van der Waals surface area contributed by atoms with Crippen molar-refractivity contribution >= 4 is 8.32 Å². The topological polar surface area (TPSA) is 47.6 Å². The first-order valence-corrected chi connectivity index (χ1v) is 11.0. The third-order valence-corrected chi connectivity index (χ3v) is 3.66. The van der Waals surface area contributed by atoms with Crippen LogP contribution in [-0.4, -0.2) is 11.1 Å². The van der Waals surface area contributed by atoms with Crippen molar-refractivity contribution in [2.45, 2.75) is 52.6 Å².